The van der Waals surface area contributed by atoms with Crippen molar-refractivity contribution in [3.05, 3.63) is 0 Å². The van der Waals surface area contributed by atoms with Gasteiger partial charge in [0.25, 0.3) is 0 Å². The lowest BCUT2D eigenvalue weighted by Crippen LogP contribution is -2.49. The summed E-state index contributed by atoms with van der Waals surface area (Å²) in [6, 6.07) is 0.358. The monoisotopic (exact) mass is 253 g/mol. The first kappa shape index (κ1) is 13.8. The van der Waals surface area contributed by atoms with E-state index < -0.39 is 0 Å². The van der Waals surface area contributed by atoms with E-state index in [1.807, 2.05) is 0 Å². The van der Waals surface area contributed by atoms with Crippen LogP contribution in [0.4, 0.5) is 0 Å². The molecule has 18 heavy (non-hydrogen) atoms. The van der Waals surface area contributed by atoms with Crippen molar-refractivity contribution in [2.75, 3.05) is 20.1 Å². The number of rotatable bonds is 7. The number of primary amides is 1. The van der Waals surface area contributed by atoms with E-state index in [1.165, 1.54) is 44.9 Å². The zero-order valence-electron chi connectivity index (χ0n) is 11.5. The second kappa shape index (κ2) is 6.53. The van der Waals surface area contributed by atoms with Crippen molar-refractivity contribution in [3.8, 4) is 0 Å². The topological polar surface area (TPSA) is 58.4 Å². The molecule has 0 aromatic carbocycles. The number of hydrogen-bond acceptors (Lipinski definition) is 3. The fourth-order valence-electron chi connectivity index (χ4n) is 2.96. The average Bonchev–Trinajstić information content (AvgIpc) is 3.13. The predicted molar refractivity (Wildman–Crippen MR) is 73.2 cm³/mol. The van der Waals surface area contributed by atoms with E-state index in [2.05, 4.69) is 17.3 Å². The number of likely N-dealkylation sites (N-methyl/N-ethyl adjacent to an activating group) is 1. The molecule has 0 aliphatic heterocycles. The highest BCUT2D eigenvalue weighted by molar-refractivity contribution is 5.80. The molecule has 4 heteroatoms. The normalized spacial score (nSPS) is 23.2. The summed E-state index contributed by atoms with van der Waals surface area (Å²) in [7, 11) is 2.11. The number of hydrogen-bond donors (Lipinski definition) is 2. The number of nitrogens with zero attached hydrogens (tertiary/aromatic N) is 1. The molecule has 0 aromatic heterocycles. The molecule has 2 rings (SSSR count). The van der Waals surface area contributed by atoms with Gasteiger partial charge in [-0.25, -0.2) is 0 Å². The first-order valence-corrected chi connectivity index (χ1v) is 7.39. The minimum absolute atomic E-state index is 0.175. The lowest BCUT2D eigenvalue weighted by Gasteiger charge is -2.29. The van der Waals surface area contributed by atoms with Gasteiger partial charge in [0.05, 0.1) is 6.04 Å². The van der Waals surface area contributed by atoms with Crippen LogP contribution < -0.4 is 11.1 Å². The zero-order valence-corrected chi connectivity index (χ0v) is 11.5. The lowest BCUT2D eigenvalue weighted by atomic mass is 9.89. The van der Waals surface area contributed by atoms with E-state index in [0.717, 1.165) is 19.0 Å². The summed E-state index contributed by atoms with van der Waals surface area (Å²) in [4.78, 5) is 13.7. The number of nitrogens with one attached hydrogen (secondary N) is 1. The largest absolute Gasteiger partial charge is 0.368 e. The Morgan fingerprint density at radius 2 is 1.94 bits per heavy atom. The predicted octanol–water partition coefficient (Wildman–Crippen LogP) is 1.10. The van der Waals surface area contributed by atoms with Gasteiger partial charge in [0.1, 0.15) is 0 Å². The molecule has 4 nitrogen and oxygen atoms in total. The van der Waals surface area contributed by atoms with Gasteiger partial charge in [-0.2, -0.15) is 0 Å². The van der Waals surface area contributed by atoms with Gasteiger partial charge < -0.3 is 16.0 Å². The number of nitrogens with two attached hydrogens (primary N) is 1. The smallest absolute Gasteiger partial charge is 0.235 e. The second-order valence-electron chi connectivity index (χ2n) is 6.12. The molecule has 1 atom stereocenters. The highest BCUT2D eigenvalue weighted by Gasteiger charge is 2.28. The van der Waals surface area contributed by atoms with Crippen molar-refractivity contribution < 1.29 is 4.79 Å². The Labute approximate surface area is 110 Å². The minimum Gasteiger partial charge on any atom is -0.368 e. The van der Waals surface area contributed by atoms with Crippen molar-refractivity contribution in [1.29, 1.82) is 0 Å². The molecular weight excluding hydrogens is 226 g/mol. The molecule has 2 aliphatic rings. The standard InChI is InChI=1S/C14H27N3O/c1-17(9-11-5-3-2-4-6-11)10-13(14(15)18)16-12-7-8-12/h11-13,16H,2-10H2,1H3,(H2,15,18). The van der Waals surface area contributed by atoms with Crippen molar-refractivity contribution in [1.82, 2.24) is 10.2 Å². The third-order valence-electron chi connectivity index (χ3n) is 4.15. The Morgan fingerprint density at radius 1 is 1.28 bits per heavy atom. The van der Waals surface area contributed by atoms with Crippen LogP contribution in [0.3, 0.4) is 0 Å². The summed E-state index contributed by atoms with van der Waals surface area (Å²) >= 11 is 0. The third-order valence-corrected chi connectivity index (χ3v) is 4.15. The number of amides is 1. The molecule has 0 radical (unpaired) electrons. The van der Waals surface area contributed by atoms with Gasteiger partial charge in [-0.3, -0.25) is 4.79 Å². The Bertz CT molecular complexity index is 272. The number of carbonyl (C=O) groups excluding carboxylic acids is 1. The van der Waals surface area contributed by atoms with Crippen LogP contribution in [0.15, 0.2) is 0 Å². The molecule has 2 aliphatic carbocycles. The minimum atomic E-state index is -0.211. The first-order chi connectivity index (χ1) is 8.65. The summed E-state index contributed by atoms with van der Waals surface area (Å²) in [5, 5.41) is 3.34. The quantitative estimate of drug-likeness (QED) is 0.714. The molecule has 1 unspecified atom stereocenters. The maximum atomic E-state index is 11.4. The molecule has 0 bridgehead atoms. The van der Waals surface area contributed by atoms with E-state index in [0.29, 0.717) is 6.04 Å². The maximum absolute atomic E-state index is 11.4. The SMILES string of the molecule is CN(CC1CCCCC1)CC(NC1CC1)C(N)=O. The Kier molecular flexibility index (Phi) is 5.01. The molecule has 0 saturated heterocycles. The Balaban J connectivity index is 1.72. The van der Waals surface area contributed by atoms with E-state index in [-0.39, 0.29) is 11.9 Å². The van der Waals surface area contributed by atoms with Crippen LogP contribution in [0.1, 0.15) is 44.9 Å². The fraction of sp³-hybridized carbons (Fsp3) is 0.929. The summed E-state index contributed by atoms with van der Waals surface area (Å²) < 4.78 is 0. The van der Waals surface area contributed by atoms with Crippen LogP contribution in [-0.4, -0.2) is 43.0 Å². The van der Waals surface area contributed by atoms with Crippen molar-refractivity contribution >= 4 is 5.91 Å². The van der Waals surface area contributed by atoms with Crippen molar-refractivity contribution in [2.24, 2.45) is 11.7 Å². The average molecular weight is 253 g/mol. The van der Waals surface area contributed by atoms with Gasteiger partial charge in [0.2, 0.25) is 5.91 Å². The second-order valence-corrected chi connectivity index (χ2v) is 6.12. The highest BCUT2D eigenvalue weighted by Crippen LogP contribution is 2.24. The van der Waals surface area contributed by atoms with Crippen LogP contribution in [-0.2, 0) is 4.79 Å². The van der Waals surface area contributed by atoms with E-state index in [9.17, 15) is 4.79 Å². The van der Waals surface area contributed by atoms with E-state index >= 15 is 0 Å². The molecule has 104 valence electrons. The van der Waals surface area contributed by atoms with Crippen molar-refractivity contribution in [3.63, 3.8) is 0 Å². The van der Waals surface area contributed by atoms with Crippen molar-refractivity contribution in [2.45, 2.75) is 57.0 Å². The van der Waals surface area contributed by atoms with Crippen LogP contribution in [0.2, 0.25) is 0 Å². The van der Waals surface area contributed by atoms with Crippen LogP contribution in [0, 0.1) is 5.92 Å². The lowest BCUT2D eigenvalue weighted by molar-refractivity contribution is -0.120. The van der Waals surface area contributed by atoms with Gasteiger partial charge >= 0.3 is 0 Å². The van der Waals surface area contributed by atoms with Crippen LogP contribution >= 0.6 is 0 Å². The first-order valence-electron chi connectivity index (χ1n) is 7.39. The van der Waals surface area contributed by atoms with Gasteiger partial charge in [-0.05, 0) is 38.6 Å². The fourth-order valence-corrected chi connectivity index (χ4v) is 2.96. The molecule has 0 heterocycles. The van der Waals surface area contributed by atoms with Gasteiger partial charge in [-0.1, -0.05) is 19.3 Å². The van der Waals surface area contributed by atoms with Crippen LogP contribution in [0.5, 0.6) is 0 Å². The van der Waals surface area contributed by atoms with E-state index in [4.69, 9.17) is 5.73 Å². The Hall–Kier alpha value is -0.610. The molecule has 1 amide bonds. The third kappa shape index (κ3) is 4.58. The number of carbonyl (C=O) groups is 1. The van der Waals surface area contributed by atoms with Gasteiger partial charge in [-0.15, -0.1) is 0 Å². The summed E-state index contributed by atoms with van der Waals surface area (Å²) in [6.07, 6.45) is 9.22. The molecule has 0 spiro atoms. The van der Waals surface area contributed by atoms with Gasteiger partial charge in [0.15, 0.2) is 0 Å². The molecule has 3 N–H and O–H groups in total. The molecular formula is C14H27N3O. The molecule has 0 aromatic rings. The zero-order chi connectivity index (χ0) is 13.0. The van der Waals surface area contributed by atoms with Gasteiger partial charge in [0, 0.05) is 19.1 Å². The summed E-state index contributed by atoms with van der Waals surface area (Å²) in [5.41, 5.74) is 5.47. The molecule has 2 saturated carbocycles. The Morgan fingerprint density at radius 3 is 2.50 bits per heavy atom. The maximum Gasteiger partial charge on any atom is 0.235 e. The van der Waals surface area contributed by atoms with E-state index in [1.54, 1.807) is 0 Å². The molecule has 2 fully saturated rings. The summed E-state index contributed by atoms with van der Waals surface area (Å²) in [6.45, 7) is 1.86. The van der Waals surface area contributed by atoms with Crippen LogP contribution in [0.25, 0.3) is 0 Å². The summed E-state index contributed by atoms with van der Waals surface area (Å²) in [5.74, 6) is 0.607. The highest BCUT2D eigenvalue weighted by atomic mass is 16.1.